The summed E-state index contributed by atoms with van der Waals surface area (Å²) < 4.78 is 10.9. The molecule has 1 aromatic carbocycles. The van der Waals surface area contributed by atoms with Gasteiger partial charge in [0.1, 0.15) is 5.75 Å². The predicted molar refractivity (Wildman–Crippen MR) is 122 cm³/mol. The normalized spacial score (nSPS) is 20.9. The number of nitrogens with one attached hydrogen (secondary N) is 2. The zero-order valence-corrected chi connectivity index (χ0v) is 19.1. The molecule has 0 spiro atoms. The number of aliphatic imine (C=N–C) groups is 1. The molecule has 1 atom stereocenters. The summed E-state index contributed by atoms with van der Waals surface area (Å²) in [5.41, 5.74) is 1.28. The SMILES string of the molecule is CN=C(NCC(c1ccc(OC)cc1)N1CCOCC1)NC1CCN(C(C)C)CC1. The third-order valence-corrected chi connectivity index (χ3v) is 6.27. The van der Waals surface area contributed by atoms with Gasteiger partial charge in [0, 0.05) is 51.9 Å². The topological polar surface area (TPSA) is 61.4 Å². The molecule has 2 heterocycles. The van der Waals surface area contributed by atoms with Gasteiger partial charge in [0.15, 0.2) is 5.96 Å². The molecule has 0 aliphatic carbocycles. The maximum absolute atomic E-state index is 5.57. The van der Waals surface area contributed by atoms with Crippen LogP contribution in [-0.4, -0.2) is 87.9 Å². The van der Waals surface area contributed by atoms with Crippen molar-refractivity contribution in [1.29, 1.82) is 0 Å². The molecule has 2 saturated heterocycles. The van der Waals surface area contributed by atoms with E-state index in [1.807, 2.05) is 19.2 Å². The molecule has 1 aromatic rings. The van der Waals surface area contributed by atoms with Gasteiger partial charge in [-0.05, 0) is 44.4 Å². The Morgan fingerprint density at radius 3 is 2.33 bits per heavy atom. The van der Waals surface area contributed by atoms with E-state index in [9.17, 15) is 0 Å². The number of piperidine rings is 1. The van der Waals surface area contributed by atoms with E-state index in [0.29, 0.717) is 12.1 Å². The van der Waals surface area contributed by atoms with Crippen LogP contribution in [0.5, 0.6) is 5.75 Å². The van der Waals surface area contributed by atoms with Crippen LogP contribution in [0.25, 0.3) is 0 Å². The summed E-state index contributed by atoms with van der Waals surface area (Å²) >= 11 is 0. The molecule has 2 aliphatic heterocycles. The Balaban J connectivity index is 1.59. The van der Waals surface area contributed by atoms with Crippen molar-refractivity contribution in [3.05, 3.63) is 29.8 Å². The average Bonchev–Trinajstić information content (AvgIpc) is 2.80. The monoisotopic (exact) mass is 417 g/mol. The van der Waals surface area contributed by atoms with Crippen LogP contribution in [-0.2, 0) is 4.74 Å². The Labute approximate surface area is 181 Å². The molecule has 0 radical (unpaired) electrons. The van der Waals surface area contributed by atoms with E-state index in [1.54, 1.807) is 7.11 Å². The van der Waals surface area contributed by atoms with Crippen molar-refractivity contribution in [2.24, 2.45) is 4.99 Å². The first-order valence-electron chi connectivity index (χ1n) is 11.3. The lowest BCUT2D eigenvalue weighted by molar-refractivity contribution is 0.0169. The van der Waals surface area contributed by atoms with Crippen molar-refractivity contribution >= 4 is 5.96 Å². The van der Waals surface area contributed by atoms with Gasteiger partial charge < -0.3 is 25.0 Å². The molecule has 0 saturated carbocycles. The number of ether oxygens (including phenoxy) is 2. The molecule has 0 bridgehead atoms. The lowest BCUT2D eigenvalue weighted by Gasteiger charge is -2.37. The molecule has 1 unspecified atom stereocenters. The van der Waals surface area contributed by atoms with Crippen molar-refractivity contribution in [1.82, 2.24) is 20.4 Å². The van der Waals surface area contributed by atoms with Crippen molar-refractivity contribution in [3.8, 4) is 5.75 Å². The predicted octanol–water partition coefficient (Wildman–Crippen LogP) is 2.11. The second-order valence-corrected chi connectivity index (χ2v) is 8.44. The standard InChI is InChI=1S/C23H39N5O2/c1-18(2)27-11-9-20(10-12-27)26-23(24-3)25-17-22(28-13-15-30-16-14-28)19-5-7-21(29-4)8-6-19/h5-8,18,20,22H,9-17H2,1-4H3,(H2,24,25,26). The minimum atomic E-state index is 0.265. The molecule has 0 aromatic heterocycles. The highest BCUT2D eigenvalue weighted by Gasteiger charge is 2.24. The van der Waals surface area contributed by atoms with Crippen LogP contribution in [0.1, 0.15) is 38.3 Å². The minimum Gasteiger partial charge on any atom is -0.497 e. The first kappa shape index (κ1) is 22.8. The molecule has 168 valence electrons. The zero-order valence-electron chi connectivity index (χ0n) is 19.1. The van der Waals surface area contributed by atoms with Gasteiger partial charge in [-0.15, -0.1) is 0 Å². The van der Waals surface area contributed by atoms with Gasteiger partial charge >= 0.3 is 0 Å². The smallest absolute Gasteiger partial charge is 0.191 e. The lowest BCUT2D eigenvalue weighted by atomic mass is 10.0. The van der Waals surface area contributed by atoms with Crippen LogP contribution in [0, 0.1) is 0 Å². The van der Waals surface area contributed by atoms with Gasteiger partial charge in [0.2, 0.25) is 0 Å². The molecule has 7 nitrogen and oxygen atoms in total. The Hall–Kier alpha value is -1.83. The van der Waals surface area contributed by atoms with Crippen LogP contribution in [0.2, 0.25) is 0 Å². The van der Waals surface area contributed by atoms with Gasteiger partial charge in [-0.25, -0.2) is 0 Å². The molecule has 3 rings (SSSR count). The Bertz CT molecular complexity index is 650. The van der Waals surface area contributed by atoms with E-state index < -0.39 is 0 Å². The van der Waals surface area contributed by atoms with Crippen molar-refractivity contribution in [2.75, 3.05) is 60.1 Å². The van der Waals surface area contributed by atoms with Crippen LogP contribution in [0.4, 0.5) is 0 Å². The van der Waals surface area contributed by atoms with E-state index in [2.05, 4.69) is 51.4 Å². The number of morpholine rings is 1. The summed E-state index contributed by atoms with van der Waals surface area (Å²) in [5, 5.41) is 7.23. The van der Waals surface area contributed by atoms with Gasteiger partial charge in [-0.2, -0.15) is 0 Å². The van der Waals surface area contributed by atoms with E-state index in [-0.39, 0.29) is 6.04 Å². The van der Waals surface area contributed by atoms with Crippen molar-refractivity contribution in [3.63, 3.8) is 0 Å². The summed E-state index contributed by atoms with van der Waals surface area (Å²) in [7, 11) is 3.56. The fourth-order valence-electron chi connectivity index (χ4n) is 4.31. The fourth-order valence-corrected chi connectivity index (χ4v) is 4.31. The largest absolute Gasteiger partial charge is 0.497 e. The summed E-state index contributed by atoms with van der Waals surface area (Å²) in [6.45, 7) is 11.1. The second kappa shape index (κ2) is 11.5. The molecule has 30 heavy (non-hydrogen) atoms. The maximum Gasteiger partial charge on any atom is 0.191 e. The van der Waals surface area contributed by atoms with Crippen LogP contribution in [0.3, 0.4) is 0 Å². The summed E-state index contributed by atoms with van der Waals surface area (Å²) in [5.74, 6) is 1.78. The Morgan fingerprint density at radius 2 is 1.77 bits per heavy atom. The van der Waals surface area contributed by atoms with E-state index in [0.717, 1.165) is 70.5 Å². The highest BCUT2D eigenvalue weighted by Crippen LogP contribution is 2.23. The van der Waals surface area contributed by atoms with E-state index in [4.69, 9.17) is 9.47 Å². The highest BCUT2D eigenvalue weighted by molar-refractivity contribution is 5.80. The van der Waals surface area contributed by atoms with Gasteiger partial charge in [-0.3, -0.25) is 9.89 Å². The van der Waals surface area contributed by atoms with Crippen LogP contribution < -0.4 is 15.4 Å². The Morgan fingerprint density at radius 1 is 1.10 bits per heavy atom. The maximum atomic E-state index is 5.57. The second-order valence-electron chi connectivity index (χ2n) is 8.44. The third kappa shape index (κ3) is 6.33. The zero-order chi connectivity index (χ0) is 21.3. The lowest BCUT2D eigenvalue weighted by Crippen LogP contribution is -2.51. The first-order valence-corrected chi connectivity index (χ1v) is 11.3. The molecular weight excluding hydrogens is 378 g/mol. The fraction of sp³-hybridized carbons (Fsp3) is 0.696. The summed E-state index contributed by atoms with van der Waals surface area (Å²) in [6, 6.07) is 9.78. The third-order valence-electron chi connectivity index (χ3n) is 6.27. The van der Waals surface area contributed by atoms with E-state index >= 15 is 0 Å². The molecule has 7 heteroatoms. The average molecular weight is 418 g/mol. The van der Waals surface area contributed by atoms with Gasteiger partial charge in [-0.1, -0.05) is 12.1 Å². The number of methoxy groups -OCH3 is 1. The number of nitrogens with zero attached hydrogens (tertiary/aromatic N) is 3. The molecule has 2 N–H and O–H groups in total. The molecule has 2 aliphatic rings. The van der Waals surface area contributed by atoms with Gasteiger partial charge in [0.05, 0.1) is 26.4 Å². The number of guanidine groups is 1. The van der Waals surface area contributed by atoms with E-state index in [1.165, 1.54) is 5.56 Å². The summed E-state index contributed by atoms with van der Waals surface area (Å²) in [4.78, 5) is 9.53. The molecular formula is C23H39N5O2. The van der Waals surface area contributed by atoms with Crippen molar-refractivity contribution in [2.45, 2.75) is 44.8 Å². The first-order chi connectivity index (χ1) is 14.6. The minimum absolute atomic E-state index is 0.265. The number of hydrogen-bond acceptors (Lipinski definition) is 5. The number of rotatable bonds is 7. The number of likely N-dealkylation sites (tertiary alicyclic amines) is 1. The highest BCUT2D eigenvalue weighted by atomic mass is 16.5. The van der Waals surface area contributed by atoms with Gasteiger partial charge in [0.25, 0.3) is 0 Å². The molecule has 2 fully saturated rings. The number of benzene rings is 1. The Kier molecular flexibility index (Phi) is 8.78. The number of hydrogen-bond donors (Lipinski definition) is 2. The van der Waals surface area contributed by atoms with Crippen molar-refractivity contribution < 1.29 is 9.47 Å². The van der Waals surface area contributed by atoms with Crippen LogP contribution >= 0.6 is 0 Å². The van der Waals surface area contributed by atoms with Crippen LogP contribution in [0.15, 0.2) is 29.3 Å². The molecule has 0 amide bonds. The summed E-state index contributed by atoms with van der Waals surface area (Å²) in [6.07, 6.45) is 2.31. The quantitative estimate of drug-likeness (QED) is 0.523.